The van der Waals surface area contributed by atoms with Gasteiger partial charge in [0.25, 0.3) is 11.8 Å². The number of hydrogen-bond donors (Lipinski definition) is 1. The summed E-state index contributed by atoms with van der Waals surface area (Å²) in [5, 5.41) is 2.91. The van der Waals surface area contributed by atoms with Crippen molar-refractivity contribution < 1.29 is 35.9 Å². The van der Waals surface area contributed by atoms with Gasteiger partial charge in [-0.15, -0.1) is 0 Å². The van der Waals surface area contributed by atoms with Gasteiger partial charge in [0.1, 0.15) is 26.9 Å². The van der Waals surface area contributed by atoms with E-state index in [2.05, 4.69) is 15.3 Å². The Morgan fingerprint density at radius 1 is 1.22 bits per heavy atom. The molecule has 1 saturated heterocycles. The predicted octanol–water partition coefficient (Wildman–Crippen LogP) is 4.28. The van der Waals surface area contributed by atoms with Crippen molar-refractivity contribution in [2.75, 3.05) is 18.1 Å². The lowest BCUT2D eigenvalue weighted by atomic mass is 9.95. The molecule has 1 aliphatic heterocycles. The second-order valence-corrected chi connectivity index (χ2v) is 11.9. The van der Waals surface area contributed by atoms with Crippen molar-refractivity contribution in [1.82, 2.24) is 19.7 Å². The quantitative estimate of drug-likeness (QED) is 0.476. The van der Waals surface area contributed by atoms with Crippen LogP contribution in [0.25, 0.3) is 5.65 Å². The van der Waals surface area contributed by atoms with E-state index in [9.17, 15) is 26.4 Å². The largest absolute Gasteiger partial charge is 0.478 e. The highest BCUT2D eigenvalue weighted by molar-refractivity contribution is 7.91. The summed E-state index contributed by atoms with van der Waals surface area (Å²) in [4.78, 5) is 21.4. The summed E-state index contributed by atoms with van der Waals surface area (Å²) in [6.07, 6.45) is 0.557. The smallest absolute Gasteiger partial charge is 0.422 e. The molecule has 0 atom stereocenters. The maximum Gasteiger partial charge on any atom is 0.422 e. The lowest BCUT2D eigenvalue weighted by Gasteiger charge is -2.34. The summed E-state index contributed by atoms with van der Waals surface area (Å²) in [6.45, 7) is 4.14. The summed E-state index contributed by atoms with van der Waals surface area (Å²) >= 11 is 0. The Kier molecular flexibility index (Phi) is 7.10. The van der Waals surface area contributed by atoms with Crippen molar-refractivity contribution in [3.05, 3.63) is 48.0 Å². The predicted molar refractivity (Wildman–Crippen MR) is 129 cm³/mol. The number of carbonyl (C=O) groups excluding carboxylic acids is 1. The molecule has 3 aromatic heterocycles. The van der Waals surface area contributed by atoms with Crippen LogP contribution in [0.2, 0.25) is 0 Å². The van der Waals surface area contributed by atoms with Crippen LogP contribution in [-0.4, -0.2) is 58.5 Å². The Morgan fingerprint density at radius 2 is 1.92 bits per heavy atom. The van der Waals surface area contributed by atoms with Crippen LogP contribution in [0, 0.1) is 0 Å². The molecule has 4 rings (SSSR count). The summed E-state index contributed by atoms with van der Waals surface area (Å²) in [5.74, 6) is -0.460. The minimum atomic E-state index is -4.52. The first-order chi connectivity index (χ1) is 17.2. The minimum absolute atomic E-state index is 0.00951. The molecule has 3 aromatic rings. The standard InChI is InChI=1S/C24H27F3N4O5S/c1-15(2)16-11-20-29-17(21(32)30-23(3)6-9-37(33,34)10-7-23)12-31(20)13-19(16)36-22-18(5-4-8-28-22)35-14-24(25,26)27/h4-5,8,11-13,15H,6-7,9-10,14H2,1-3H3,(H,30,32). The van der Waals surface area contributed by atoms with E-state index in [1.54, 1.807) is 16.7 Å². The molecular formula is C24H27F3N4O5S. The number of carbonyl (C=O) groups is 1. The second kappa shape index (κ2) is 9.84. The molecule has 0 aliphatic carbocycles. The summed E-state index contributed by atoms with van der Waals surface area (Å²) in [6, 6.07) is 4.50. The van der Waals surface area contributed by atoms with Gasteiger partial charge < -0.3 is 19.2 Å². The van der Waals surface area contributed by atoms with E-state index in [1.165, 1.54) is 24.5 Å². The van der Waals surface area contributed by atoms with Crippen LogP contribution < -0.4 is 14.8 Å². The van der Waals surface area contributed by atoms with E-state index in [4.69, 9.17) is 9.47 Å². The van der Waals surface area contributed by atoms with E-state index < -0.39 is 34.1 Å². The fourth-order valence-corrected chi connectivity index (χ4v) is 5.68. The average Bonchev–Trinajstić information content (AvgIpc) is 3.23. The molecule has 4 heterocycles. The zero-order valence-electron chi connectivity index (χ0n) is 20.5. The van der Waals surface area contributed by atoms with Gasteiger partial charge in [0.15, 0.2) is 12.4 Å². The third-order valence-corrected chi connectivity index (χ3v) is 7.77. The van der Waals surface area contributed by atoms with E-state index >= 15 is 0 Å². The van der Waals surface area contributed by atoms with Gasteiger partial charge in [-0.25, -0.2) is 18.4 Å². The summed E-state index contributed by atoms with van der Waals surface area (Å²) in [7, 11) is -3.09. The highest BCUT2D eigenvalue weighted by atomic mass is 32.2. The minimum Gasteiger partial charge on any atom is -0.478 e. The van der Waals surface area contributed by atoms with Crippen LogP contribution in [-0.2, 0) is 9.84 Å². The van der Waals surface area contributed by atoms with Crippen LogP contribution in [0.15, 0.2) is 36.8 Å². The number of ether oxygens (including phenoxy) is 2. The van der Waals surface area contributed by atoms with E-state index in [1.807, 2.05) is 20.8 Å². The fourth-order valence-electron chi connectivity index (χ4n) is 3.95. The van der Waals surface area contributed by atoms with E-state index in [0.29, 0.717) is 29.8 Å². The first kappa shape index (κ1) is 26.7. The third kappa shape index (κ3) is 6.51. The number of sulfone groups is 1. The number of fused-ring (bicyclic) bond motifs is 1. The maximum atomic E-state index is 13.0. The fraction of sp³-hybridized carbons (Fsp3) is 0.458. The maximum absolute atomic E-state index is 13.0. The van der Waals surface area contributed by atoms with Crippen LogP contribution in [0.3, 0.4) is 0 Å². The zero-order chi connectivity index (χ0) is 27.0. The van der Waals surface area contributed by atoms with Crippen molar-refractivity contribution in [3.8, 4) is 17.4 Å². The van der Waals surface area contributed by atoms with Gasteiger partial charge in [0.2, 0.25) is 0 Å². The van der Waals surface area contributed by atoms with Crippen LogP contribution >= 0.6 is 0 Å². The van der Waals surface area contributed by atoms with Gasteiger partial charge in [-0.2, -0.15) is 13.2 Å². The van der Waals surface area contributed by atoms with Crippen LogP contribution in [0.4, 0.5) is 13.2 Å². The number of alkyl halides is 3. The van der Waals surface area contributed by atoms with E-state index in [0.717, 1.165) is 0 Å². The number of amides is 1. The SMILES string of the molecule is CC(C)c1cc2nc(C(=O)NC3(C)CCS(=O)(=O)CC3)cn2cc1Oc1ncccc1OCC(F)(F)F. The van der Waals surface area contributed by atoms with Gasteiger partial charge in [0, 0.05) is 23.5 Å². The highest BCUT2D eigenvalue weighted by Crippen LogP contribution is 2.35. The molecule has 0 unspecified atom stereocenters. The van der Waals surface area contributed by atoms with Crippen molar-refractivity contribution in [2.45, 2.75) is 51.2 Å². The third-order valence-electron chi connectivity index (χ3n) is 6.12. The molecule has 37 heavy (non-hydrogen) atoms. The molecule has 9 nitrogen and oxygen atoms in total. The van der Waals surface area contributed by atoms with Crippen molar-refractivity contribution >= 4 is 21.4 Å². The molecule has 13 heteroatoms. The molecule has 1 aliphatic rings. The summed E-state index contributed by atoms with van der Waals surface area (Å²) < 4.78 is 73.8. The lowest BCUT2D eigenvalue weighted by Crippen LogP contribution is -2.51. The number of halogens is 3. The first-order valence-corrected chi connectivity index (χ1v) is 13.4. The summed E-state index contributed by atoms with van der Waals surface area (Å²) in [5.41, 5.74) is 0.629. The zero-order valence-corrected chi connectivity index (χ0v) is 21.3. The molecule has 0 radical (unpaired) electrons. The Balaban J connectivity index is 1.60. The van der Waals surface area contributed by atoms with Crippen molar-refractivity contribution in [2.24, 2.45) is 0 Å². The number of nitrogens with one attached hydrogen (secondary N) is 1. The monoisotopic (exact) mass is 540 g/mol. The molecule has 200 valence electrons. The van der Waals surface area contributed by atoms with Gasteiger partial charge in [-0.1, -0.05) is 13.8 Å². The number of nitrogens with zero attached hydrogens (tertiary/aromatic N) is 3. The first-order valence-electron chi connectivity index (χ1n) is 11.6. The molecule has 0 aromatic carbocycles. The lowest BCUT2D eigenvalue weighted by molar-refractivity contribution is -0.153. The number of rotatable bonds is 7. The number of aromatic nitrogens is 3. The van der Waals surface area contributed by atoms with Crippen LogP contribution in [0.5, 0.6) is 17.4 Å². The topological polar surface area (TPSA) is 112 Å². The molecule has 0 saturated carbocycles. The average molecular weight is 541 g/mol. The second-order valence-electron chi connectivity index (χ2n) is 9.62. The molecule has 1 N–H and O–H groups in total. The highest BCUT2D eigenvalue weighted by Gasteiger charge is 2.35. The van der Waals surface area contributed by atoms with Gasteiger partial charge in [-0.3, -0.25) is 4.79 Å². The number of imidazole rings is 1. The van der Waals surface area contributed by atoms with Gasteiger partial charge in [0.05, 0.1) is 17.7 Å². The Labute approximate surface area is 211 Å². The molecule has 0 bridgehead atoms. The number of pyridine rings is 2. The van der Waals surface area contributed by atoms with Gasteiger partial charge in [-0.05, 0) is 43.9 Å². The van der Waals surface area contributed by atoms with Crippen molar-refractivity contribution in [3.63, 3.8) is 0 Å². The Bertz CT molecular complexity index is 1410. The molecule has 1 amide bonds. The molecule has 0 spiro atoms. The van der Waals surface area contributed by atoms with Gasteiger partial charge >= 0.3 is 6.18 Å². The molecule has 1 fully saturated rings. The van der Waals surface area contributed by atoms with Crippen molar-refractivity contribution in [1.29, 1.82) is 0 Å². The van der Waals surface area contributed by atoms with E-state index in [-0.39, 0.29) is 34.7 Å². The number of hydrogen-bond acceptors (Lipinski definition) is 7. The Morgan fingerprint density at radius 3 is 2.57 bits per heavy atom. The Hall–Kier alpha value is -3.35. The normalized spacial score (nSPS) is 17.1. The molecular weight excluding hydrogens is 513 g/mol. The van der Waals surface area contributed by atoms with Crippen LogP contribution in [0.1, 0.15) is 55.6 Å².